The molecule has 0 unspecified atom stereocenters. The van der Waals surface area contributed by atoms with Crippen LogP contribution in [0.4, 0.5) is 0 Å². The van der Waals surface area contributed by atoms with E-state index >= 15 is 0 Å². The van der Waals surface area contributed by atoms with Crippen molar-refractivity contribution in [2.45, 2.75) is 52.2 Å². The number of carboxylic acids is 1. The monoisotopic (exact) mass is 422 g/mol. The highest BCUT2D eigenvalue weighted by atomic mass is 16.6. The summed E-state index contributed by atoms with van der Waals surface area (Å²) < 4.78 is 1.77. The number of aryl methyl sites for hydroxylation is 1. The van der Waals surface area contributed by atoms with Gasteiger partial charge in [0.1, 0.15) is 6.10 Å². The molecule has 0 saturated carbocycles. The van der Waals surface area contributed by atoms with Gasteiger partial charge in [0.15, 0.2) is 0 Å². The number of hydrogen-bond donors (Lipinski definition) is 1. The average Bonchev–Trinajstić information content (AvgIpc) is 3.36. The summed E-state index contributed by atoms with van der Waals surface area (Å²) in [6, 6.07) is 8.20. The van der Waals surface area contributed by atoms with E-state index in [0.29, 0.717) is 25.7 Å². The summed E-state index contributed by atoms with van der Waals surface area (Å²) >= 11 is 0. The third kappa shape index (κ3) is 4.42. The highest BCUT2D eigenvalue weighted by molar-refractivity contribution is 6.01. The van der Waals surface area contributed by atoms with Gasteiger partial charge in [0.2, 0.25) is 0 Å². The molecular weight excluding hydrogens is 392 g/mol. The van der Waals surface area contributed by atoms with Crippen molar-refractivity contribution in [3.05, 3.63) is 59.4 Å². The fourth-order valence-electron chi connectivity index (χ4n) is 4.57. The Hall–Kier alpha value is -2.93. The predicted octanol–water partition coefficient (Wildman–Crippen LogP) is 3.85. The first-order valence-electron chi connectivity index (χ1n) is 10.8. The molecule has 0 radical (unpaired) electrons. The van der Waals surface area contributed by atoms with E-state index in [9.17, 15) is 9.90 Å². The molecule has 7 nitrogen and oxygen atoms in total. The second-order valence-electron chi connectivity index (χ2n) is 8.78. The Morgan fingerprint density at radius 3 is 2.61 bits per heavy atom. The zero-order valence-corrected chi connectivity index (χ0v) is 18.3. The predicted molar refractivity (Wildman–Crippen MR) is 120 cm³/mol. The van der Waals surface area contributed by atoms with Gasteiger partial charge in [-0.2, -0.15) is 5.10 Å². The van der Waals surface area contributed by atoms with Gasteiger partial charge in [0, 0.05) is 36.8 Å². The molecular formula is C24H30N4O3. The molecule has 164 valence electrons. The fourth-order valence-corrected chi connectivity index (χ4v) is 4.57. The fraction of sp³-hybridized carbons (Fsp3) is 0.458. The summed E-state index contributed by atoms with van der Waals surface area (Å²) in [5.74, 6) is -0.727. The Morgan fingerprint density at radius 1 is 1.29 bits per heavy atom. The number of rotatable bonds is 7. The highest BCUT2D eigenvalue weighted by Crippen LogP contribution is 2.39. The maximum absolute atomic E-state index is 12.3. The van der Waals surface area contributed by atoms with E-state index < -0.39 is 11.4 Å². The Balaban J connectivity index is 1.36. The molecule has 0 aliphatic carbocycles. The van der Waals surface area contributed by atoms with Gasteiger partial charge in [0.25, 0.3) is 0 Å². The lowest BCUT2D eigenvalue weighted by molar-refractivity contribution is -0.155. The Morgan fingerprint density at radius 2 is 2.00 bits per heavy atom. The average molecular weight is 423 g/mol. The molecule has 31 heavy (non-hydrogen) atoms. The number of nitrogens with zero attached hydrogens (tertiary/aromatic N) is 4. The summed E-state index contributed by atoms with van der Waals surface area (Å²) in [6.07, 6.45) is 5.73. The summed E-state index contributed by atoms with van der Waals surface area (Å²) in [4.78, 5) is 20.3. The Labute approximate surface area is 183 Å². The number of hydrogen-bond acceptors (Lipinski definition) is 5. The third-order valence-corrected chi connectivity index (χ3v) is 6.72. The summed E-state index contributed by atoms with van der Waals surface area (Å²) in [6.45, 7) is 10.1. The van der Waals surface area contributed by atoms with Crippen LogP contribution < -0.4 is 0 Å². The minimum absolute atomic E-state index is 0.188. The lowest BCUT2D eigenvalue weighted by Gasteiger charge is -2.39. The third-order valence-electron chi connectivity index (χ3n) is 6.72. The quantitative estimate of drug-likeness (QED) is 0.733. The van der Waals surface area contributed by atoms with Crippen LogP contribution in [-0.4, -0.2) is 50.7 Å². The van der Waals surface area contributed by atoms with Crippen LogP contribution in [0.15, 0.2) is 42.2 Å². The van der Waals surface area contributed by atoms with E-state index in [1.165, 1.54) is 5.56 Å². The molecule has 1 aromatic heterocycles. The molecule has 4 rings (SSSR count). The second kappa shape index (κ2) is 8.67. The zero-order valence-electron chi connectivity index (χ0n) is 18.3. The van der Waals surface area contributed by atoms with Crippen molar-refractivity contribution in [3.8, 4) is 0 Å². The number of piperidine rings is 1. The van der Waals surface area contributed by atoms with Gasteiger partial charge in [-0.25, -0.2) is 4.68 Å². The minimum atomic E-state index is -0.764. The number of aliphatic carboxylic acids is 1. The normalized spacial score (nSPS) is 20.8. The van der Waals surface area contributed by atoms with Crippen LogP contribution in [0.5, 0.6) is 0 Å². The van der Waals surface area contributed by atoms with Crippen LogP contribution in [0.3, 0.4) is 0 Å². The smallest absolute Gasteiger partial charge is 0.309 e. The first kappa shape index (κ1) is 21.3. The molecule has 0 spiro atoms. The first-order chi connectivity index (χ1) is 14.9. The van der Waals surface area contributed by atoms with Gasteiger partial charge in [-0.1, -0.05) is 41.6 Å². The molecule has 1 fully saturated rings. The van der Waals surface area contributed by atoms with Crippen molar-refractivity contribution in [2.75, 3.05) is 13.1 Å². The number of aromatic nitrogens is 2. The largest absolute Gasteiger partial charge is 0.481 e. The molecule has 2 aliphatic rings. The number of carboxylic acid groups (broad SMARTS) is 1. The van der Waals surface area contributed by atoms with Crippen LogP contribution in [0, 0.1) is 19.3 Å². The van der Waals surface area contributed by atoms with Crippen molar-refractivity contribution in [2.24, 2.45) is 10.6 Å². The van der Waals surface area contributed by atoms with E-state index in [0.717, 1.165) is 42.2 Å². The summed E-state index contributed by atoms with van der Waals surface area (Å²) in [5.41, 5.74) is 4.60. The van der Waals surface area contributed by atoms with E-state index in [2.05, 4.69) is 40.8 Å². The van der Waals surface area contributed by atoms with Gasteiger partial charge in [-0.3, -0.25) is 9.69 Å². The topological polar surface area (TPSA) is 80.0 Å². The van der Waals surface area contributed by atoms with Crippen molar-refractivity contribution >= 4 is 17.9 Å². The molecule has 3 heterocycles. The lowest BCUT2D eigenvalue weighted by atomic mass is 9.73. The minimum Gasteiger partial charge on any atom is -0.481 e. The van der Waals surface area contributed by atoms with E-state index in [1.54, 1.807) is 10.9 Å². The van der Waals surface area contributed by atoms with Crippen molar-refractivity contribution in [1.82, 2.24) is 14.7 Å². The van der Waals surface area contributed by atoms with Crippen LogP contribution in [-0.2, 0) is 16.2 Å². The van der Waals surface area contributed by atoms with Crippen LogP contribution in [0.25, 0.3) is 6.20 Å². The Kier molecular flexibility index (Phi) is 5.96. The van der Waals surface area contributed by atoms with E-state index in [4.69, 9.17) is 4.84 Å². The van der Waals surface area contributed by atoms with Gasteiger partial charge in [0.05, 0.1) is 17.3 Å². The number of oxime groups is 1. The molecule has 1 aromatic carbocycles. The van der Waals surface area contributed by atoms with Crippen LogP contribution >= 0.6 is 0 Å². The zero-order chi connectivity index (χ0) is 22.0. The summed E-state index contributed by atoms with van der Waals surface area (Å²) in [5, 5.41) is 18.7. The molecule has 2 aromatic rings. The standard InChI is InChI=1S/C24H30N4O3/c1-4-28-18(3)20(15-25-28)16-27-11-9-24(10-12-27,23(29)30)14-21-13-22(26-31-21)19-7-5-17(2)6-8-19/h4-8,15,21H,1,9-14,16H2,2-3H3,(H,29,30)/t21-/m1/s1. The highest BCUT2D eigenvalue weighted by Gasteiger charge is 2.45. The maximum atomic E-state index is 12.3. The summed E-state index contributed by atoms with van der Waals surface area (Å²) in [7, 11) is 0. The SMILES string of the molecule is C=Cn1ncc(CN2CCC(C[C@H]3CC(c4ccc(C)cc4)=NO3)(C(=O)O)CC2)c1C. The maximum Gasteiger partial charge on any atom is 0.309 e. The van der Waals surface area contributed by atoms with Gasteiger partial charge < -0.3 is 9.94 Å². The molecule has 1 saturated heterocycles. The molecule has 2 aliphatic heterocycles. The van der Waals surface area contributed by atoms with Gasteiger partial charge in [-0.05, 0) is 45.3 Å². The van der Waals surface area contributed by atoms with Crippen LogP contribution in [0.1, 0.15) is 48.1 Å². The van der Waals surface area contributed by atoms with E-state index in [1.807, 2.05) is 25.3 Å². The lowest BCUT2D eigenvalue weighted by Crippen LogP contribution is -2.45. The van der Waals surface area contributed by atoms with Crippen LogP contribution in [0.2, 0.25) is 0 Å². The van der Waals surface area contributed by atoms with Gasteiger partial charge in [-0.15, -0.1) is 0 Å². The molecule has 0 amide bonds. The molecule has 1 N–H and O–H groups in total. The second-order valence-corrected chi connectivity index (χ2v) is 8.78. The Bertz CT molecular complexity index is 985. The molecule has 1 atom stereocenters. The van der Waals surface area contributed by atoms with Gasteiger partial charge >= 0.3 is 5.97 Å². The molecule has 7 heteroatoms. The number of benzene rings is 1. The van der Waals surface area contributed by atoms with E-state index in [-0.39, 0.29) is 6.10 Å². The van der Waals surface area contributed by atoms with Crippen molar-refractivity contribution in [1.29, 1.82) is 0 Å². The first-order valence-corrected chi connectivity index (χ1v) is 10.8. The number of carbonyl (C=O) groups is 1. The van der Waals surface area contributed by atoms with Crippen molar-refractivity contribution in [3.63, 3.8) is 0 Å². The molecule has 0 bridgehead atoms. The van der Waals surface area contributed by atoms with Crippen molar-refractivity contribution < 1.29 is 14.7 Å². The number of likely N-dealkylation sites (tertiary alicyclic amines) is 1.